The fourth-order valence-corrected chi connectivity index (χ4v) is 3.87. The van der Waals surface area contributed by atoms with E-state index in [4.69, 9.17) is 5.26 Å². The molecule has 0 aromatic carbocycles. The van der Waals surface area contributed by atoms with Gasteiger partial charge in [-0.2, -0.15) is 16.6 Å². The van der Waals surface area contributed by atoms with Crippen LogP contribution >= 0.6 is 22.7 Å². The lowest BCUT2D eigenvalue weighted by Crippen LogP contribution is -2.10. The standard InChI is InChI=1S/C9H6N2O2S3/c10-5-8-1-2-9(15-8)16(12,13)11-7-3-4-14-6-7/h1-4,6,11H. The Balaban J connectivity index is 2.29. The van der Waals surface area contributed by atoms with Crippen LogP contribution in [0.2, 0.25) is 0 Å². The molecule has 0 amide bonds. The number of anilines is 1. The molecule has 2 aromatic heterocycles. The Kier molecular flexibility index (Phi) is 2.96. The maximum atomic E-state index is 11.8. The van der Waals surface area contributed by atoms with Gasteiger partial charge >= 0.3 is 0 Å². The normalized spacial score (nSPS) is 10.9. The van der Waals surface area contributed by atoms with E-state index in [0.717, 1.165) is 11.3 Å². The monoisotopic (exact) mass is 270 g/mol. The van der Waals surface area contributed by atoms with Gasteiger partial charge in [-0.05, 0) is 23.6 Å². The summed E-state index contributed by atoms with van der Waals surface area (Å²) in [5, 5.41) is 12.1. The topological polar surface area (TPSA) is 70.0 Å². The molecule has 2 heterocycles. The van der Waals surface area contributed by atoms with E-state index in [1.807, 2.05) is 6.07 Å². The third-order valence-electron chi connectivity index (χ3n) is 1.73. The third kappa shape index (κ3) is 2.24. The van der Waals surface area contributed by atoms with Gasteiger partial charge in [0.15, 0.2) is 0 Å². The van der Waals surface area contributed by atoms with Crippen LogP contribution in [-0.4, -0.2) is 8.42 Å². The minimum Gasteiger partial charge on any atom is -0.278 e. The van der Waals surface area contributed by atoms with Crippen LogP contribution in [0, 0.1) is 11.3 Å². The van der Waals surface area contributed by atoms with Crippen molar-refractivity contribution in [1.82, 2.24) is 0 Å². The smallest absolute Gasteiger partial charge is 0.271 e. The van der Waals surface area contributed by atoms with Gasteiger partial charge < -0.3 is 0 Å². The van der Waals surface area contributed by atoms with Gasteiger partial charge in [-0.3, -0.25) is 4.72 Å². The molecule has 0 aliphatic rings. The summed E-state index contributed by atoms with van der Waals surface area (Å²) in [5.74, 6) is 0. The number of rotatable bonds is 3. The molecule has 0 spiro atoms. The zero-order valence-electron chi connectivity index (χ0n) is 7.88. The van der Waals surface area contributed by atoms with Gasteiger partial charge in [-0.15, -0.1) is 11.3 Å². The molecule has 2 aromatic rings. The van der Waals surface area contributed by atoms with E-state index < -0.39 is 10.0 Å². The molecule has 0 aliphatic heterocycles. The van der Waals surface area contributed by atoms with E-state index in [2.05, 4.69) is 4.72 Å². The van der Waals surface area contributed by atoms with Crippen LogP contribution in [0.4, 0.5) is 5.69 Å². The number of hydrogen-bond acceptors (Lipinski definition) is 5. The van der Waals surface area contributed by atoms with Crippen LogP contribution < -0.4 is 4.72 Å². The number of thiophene rings is 2. The van der Waals surface area contributed by atoms with Gasteiger partial charge in [0, 0.05) is 5.38 Å². The van der Waals surface area contributed by atoms with Gasteiger partial charge in [0.05, 0.1) is 5.69 Å². The Morgan fingerprint density at radius 3 is 2.69 bits per heavy atom. The molecule has 0 saturated carbocycles. The summed E-state index contributed by atoms with van der Waals surface area (Å²) in [4.78, 5) is 0.380. The Bertz CT molecular complexity index is 620. The molecular formula is C9H6N2O2S3. The maximum absolute atomic E-state index is 11.8. The molecule has 1 N–H and O–H groups in total. The van der Waals surface area contributed by atoms with Crippen molar-refractivity contribution in [1.29, 1.82) is 5.26 Å². The summed E-state index contributed by atoms with van der Waals surface area (Å²) in [6.45, 7) is 0. The average Bonchev–Trinajstić information content (AvgIpc) is 2.85. The van der Waals surface area contributed by atoms with Crippen molar-refractivity contribution >= 4 is 38.4 Å². The van der Waals surface area contributed by atoms with Crippen LogP contribution in [0.3, 0.4) is 0 Å². The molecule has 7 heteroatoms. The van der Waals surface area contributed by atoms with E-state index in [1.165, 1.54) is 23.5 Å². The largest absolute Gasteiger partial charge is 0.278 e. The molecule has 16 heavy (non-hydrogen) atoms. The highest BCUT2D eigenvalue weighted by Gasteiger charge is 2.16. The van der Waals surface area contributed by atoms with Crippen molar-refractivity contribution in [2.45, 2.75) is 4.21 Å². The second kappa shape index (κ2) is 4.25. The molecule has 82 valence electrons. The number of sulfonamides is 1. The van der Waals surface area contributed by atoms with Gasteiger partial charge in [0.25, 0.3) is 10.0 Å². The Morgan fingerprint density at radius 2 is 2.12 bits per heavy atom. The summed E-state index contributed by atoms with van der Waals surface area (Å²) in [6, 6.07) is 6.51. The summed E-state index contributed by atoms with van der Waals surface area (Å²) < 4.78 is 26.2. The fraction of sp³-hybridized carbons (Fsp3) is 0. The van der Waals surface area contributed by atoms with Crippen LogP contribution in [0.25, 0.3) is 0 Å². The average molecular weight is 270 g/mol. The first-order valence-electron chi connectivity index (χ1n) is 4.17. The summed E-state index contributed by atoms with van der Waals surface area (Å²) in [5.41, 5.74) is 0.539. The SMILES string of the molecule is N#Cc1ccc(S(=O)(=O)Nc2ccsc2)s1. The van der Waals surface area contributed by atoms with E-state index >= 15 is 0 Å². The first-order valence-corrected chi connectivity index (χ1v) is 7.41. The quantitative estimate of drug-likeness (QED) is 0.931. The molecule has 2 rings (SSSR count). The second-order valence-corrected chi connectivity index (χ2v) is 6.62. The molecule has 0 radical (unpaired) electrons. The number of nitrogens with one attached hydrogen (secondary N) is 1. The molecule has 0 atom stereocenters. The lowest BCUT2D eigenvalue weighted by Gasteiger charge is -2.02. The molecule has 0 bridgehead atoms. The van der Waals surface area contributed by atoms with E-state index in [9.17, 15) is 8.42 Å². The van der Waals surface area contributed by atoms with Crippen LogP contribution in [-0.2, 0) is 10.0 Å². The molecule has 0 fully saturated rings. The number of nitriles is 1. The van der Waals surface area contributed by atoms with Crippen molar-refractivity contribution in [2.24, 2.45) is 0 Å². The Labute approximate surface area is 101 Å². The van der Waals surface area contributed by atoms with Gasteiger partial charge in [0.1, 0.15) is 15.2 Å². The number of hydrogen-bond donors (Lipinski definition) is 1. The first-order chi connectivity index (χ1) is 7.62. The highest BCUT2D eigenvalue weighted by atomic mass is 32.2. The lowest BCUT2D eigenvalue weighted by atomic mass is 10.5. The van der Waals surface area contributed by atoms with Crippen molar-refractivity contribution < 1.29 is 8.42 Å². The van der Waals surface area contributed by atoms with Gasteiger partial charge in [-0.25, -0.2) is 8.42 Å². The summed E-state index contributed by atoms with van der Waals surface area (Å²) in [6.07, 6.45) is 0. The predicted octanol–water partition coefficient (Wildman–Crippen LogP) is 2.48. The Morgan fingerprint density at radius 1 is 1.31 bits per heavy atom. The highest BCUT2D eigenvalue weighted by molar-refractivity contribution is 7.94. The highest BCUT2D eigenvalue weighted by Crippen LogP contribution is 2.24. The Hall–Kier alpha value is -1.36. The minimum absolute atomic E-state index is 0.148. The van der Waals surface area contributed by atoms with E-state index in [0.29, 0.717) is 10.6 Å². The molecule has 0 unspecified atom stereocenters. The number of nitrogens with zero attached hydrogens (tertiary/aromatic N) is 1. The predicted molar refractivity (Wildman–Crippen MR) is 64.2 cm³/mol. The third-order valence-corrected chi connectivity index (χ3v) is 5.28. The van der Waals surface area contributed by atoms with Crippen LogP contribution in [0.5, 0.6) is 0 Å². The van der Waals surface area contributed by atoms with Crippen LogP contribution in [0.15, 0.2) is 33.2 Å². The zero-order chi connectivity index (χ0) is 11.6. The molecular weight excluding hydrogens is 264 g/mol. The zero-order valence-corrected chi connectivity index (χ0v) is 10.3. The van der Waals surface area contributed by atoms with Crippen molar-refractivity contribution in [3.63, 3.8) is 0 Å². The molecule has 4 nitrogen and oxygen atoms in total. The van der Waals surface area contributed by atoms with E-state index in [-0.39, 0.29) is 4.21 Å². The summed E-state index contributed by atoms with van der Waals surface area (Å²) in [7, 11) is -3.55. The van der Waals surface area contributed by atoms with Gasteiger partial charge in [-0.1, -0.05) is 0 Å². The molecule has 0 aliphatic carbocycles. The van der Waals surface area contributed by atoms with E-state index in [1.54, 1.807) is 16.8 Å². The van der Waals surface area contributed by atoms with Crippen molar-refractivity contribution in [2.75, 3.05) is 4.72 Å². The fourth-order valence-electron chi connectivity index (χ4n) is 1.05. The van der Waals surface area contributed by atoms with Crippen molar-refractivity contribution in [3.8, 4) is 6.07 Å². The van der Waals surface area contributed by atoms with Gasteiger partial charge in [0.2, 0.25) is 0 Å². The summed E-state index contributed by atoms with van der Waals surface area (Å²) >= 11 is 2.36. The first kappa shape index (κ1) is 11.1. The lowest BCUT2D eigenvalue weighted by molar-refractivity contribution is 0.603. The minimum atomic E-state index is -3.55. The van der Waals surface area contributed by atoms with Crippen molar-refractivity contribution in [3.05, 3.63) is 33.8 Å². The second-order valence-electron chi connectivity index (χ2n) is 2.85. The van der Waals surface area contributed by atoms with Crippen LogP contribution in [0.1, 0.15) is 4.88 Å². The molecule has 0 saturated heterocycles. The maximum Gasteiger partial charge on any atom is 0.271 e.